The second kappa shape index (κ2) is 14.4. The second-order valence-corrected chi connectivity index (χ2v) is 13.0. The van der Waals surface area contributed by atoms with Crippen molar-refractivity contribution in [3.05, 3.63) is 101 Å². The molecule has 5 rings (SSSR count). The molecule has 0 saturated carbocycles. The summed E-state index contributed by atoms with van der Waals surface area (Å²) in [5, 5.41) is 19.6. The van der Waals surface area contributed by atoms with Gasteiger partial charge in [0.05, 0.1) is 13.2 Å². The average Bonchev–Trinajstić information content (AvgIpc) is 3.58. The van der Waals surface area contributed by atoms with Crippen molar-refractivity contribution >= 4 is 17.2 Å². The van der Waals surface area contributed by atoms with Crippen molar-refractivity contribution in [1.82, 2.24) is 9.80 Å². The number of hydrogen-bond donors (Lipinski definition) is 2. The van der Waals surface area contributed by atoms with Gasteiger partial charge in [0.2, 0.25) is 0 Å². The van der Waals surface area contributed by atoms with Gasteiger partial charge < -0.3 is 29.5 Å². The average molecular weight is 599 g/mol. The third kappa shape index (κ3) is 8.29. The van der Waals surface area contributed by atoms with Crippen molar-refractivity contribution < 1.29 is 24.5 Å². The molecular formula is C37H46N2O5. The van der Waals surface area contributed by atoms with Gasteiger partial charge in [0.15, 0.2) is 0 Å². The zero-order valence-electron chi connectivity index (χ0n) is 26.2. The molecule has 0 spiro atoms. The van der Waals surface area contributed by atoms with Crippen molar-refractivity contribution in [3.8, 4) is 5.75 Å². The molecule has 2 fully saturated rings. The first-order valence-electron chi connectivity index (χ1n) is 15.8. The largest absolute Gasteiger partial charge is 0.508 e. The van der Waals surface area contributed by atoms with Crippen LogP contribution < -0.4 is 0 Å². The maximum atomic E-state index is 12.5. The minimum Gasteiger partial charge on any atom is -0.508 e. The van der Waals surface area contributed by atoms with Crippen LogP contribution in [0, 0.1) is 11.8 Å². The molecule has 2 heterocycles. The number of hydrogen-bond acceptors (Lipinski definition) is 6. The van der Waals surface area contributed by atoms with Gasteiger partial charge in [-0.1, -0.05) is 66.7 Å². The molecule has 44 heavy (non-hydrogen) atoms. The van der Waals surface area contributed by atoms with Crippen LogP contribution in [-0.2, 0) is 16.1 Å². The molecule has 2 saturated heterocycles. The number of rotatable bonds is 11. The number of nitrogens with zero attached hydrogens (tertiary/aromatic N) is 2. The van der Waals surface area contributed by atoms with Crippen molar-refractivity contribution in [1.29, 1.82) is 0 Å². The van der Waals surface area contributed by atoms with Crippen LogP contribution in [0.5, 0.6) is 5.75 Å². The van der Waals surface area contributed by atoms with Crippen LogP contribution in [0.4, 0.5) is 4.79 Å². The summed E-state index contributed by atoms with van der Waals surface area (Å²) < 4.78 is 11.7. The van der Waals surface area contributed by atoms with Gasteiger partial charge in [0, 0.05) is 39.3 Å². The Kier molecular flexibility index (Phi) is 10.4. The summed E-state index contributed by atoms with van der Waals surface area (Å²) in [6, 6.07) is 26.2. The zero-order valence-corrected chi connectivity index (χ0v) is 26.2. The SMILES string of the molecule is CC(C)(C)OC(=O)N1CC2CN(CCOCc3ccc(/C(=C(/CCCO)c4ccccc4)c4ccc(O)cc4)cc3)C[C@H]2C1. The first-order chi connectivity index (χ1) is 21.2. The van der Waals surface area contributed by atoms with Gasteiger partial charge in [-0.25, -0.2) is 4.79 Å². The van der Waals surface area contributed by atoms with Crippen molar-refractivity contribution in [2.75, 3.05) is 45.9 Å². The van der Waals surface area contributed by atoms with E-state index >= 15 is 0 Å². The van der Waals surface area contributed by atoms with Crippen LogP contribution in [-0.4, -0.2) is 77.6 Å². The predicted octanol–water partition coefficient (Wildman–Crippen LogP) is 6.44. The van der Waals surface area contributed by atoms with Gasteiger partial charge in [-0.2, -0.15) is 0 Å². The number of amides is 1. The Morgan fingerprint density at radius 1 is 0.841 bits per heavy atom. The van der Waals surface area contributed by atoms with Gasteiger partial charge in [0.25, 0.3) is 0 Å². The fourth-order valence-electron chi connectivity index (χ4n) is 6.35. The number of carbonyl (C=O) groups is 1. The van der Waals surface area contributed by atoms with Gasteiger partial charge in [-0.3, -0.25) is 0 Å². The number of aromatic hydroxyl groups is 1. The fraction of sp³-hybridized carbons (Fsp3) is 0.432. The van der Waals surface area contributed by atoms with Gasteiger partial charge in [-0.15, -0.1) is 0 Å². The smallest absolute Gasteiger partial charge is 0.410 e. The standard InChI is InChI=1S/C37H46N2O5/c1-37(2,3)44-36(42)39-24-31-22-38(23-32(31)25-39)19-21-43-26-27-11-13-29(14-12-27)35(30-15-17-33(41)18-16-30)34(10-7-20-40)28-8-5-4-6-9-28/h4-6,8-9,11-18,31-32,40-41H,7,10,19-26H2,1-3H3/b35-34+/t31-,32?/m0/s1. The van der Waals surface area contributed by atoms with Crippen LogP contribution in [0.15, 0.2) is 78.9 Å². The first-order valence-corrected chi connectivity index (χ1v) is 15.8. The molecule has 234 valence electrons. The Morgan fingerprint density at radius 2 is 1.45 bits per heavy atom. The maximum Gasteiger partial charge on any atom is 0.410 e. The summed E-state index contributed by atoms with van der Waals surface area (Å²) >= 11 is 0. The lowest BCUT2D eigenvalue weighted by molar-refractivity contribution is 0.0270. The molecule has 0 bridgehead atoms. The molecular weight excluding hydrogens is 552 g/mol. The molecule has 3 aromatic carbocycles. The molecule has 3 aromatic rings. The number of aliphatic hydroxyl groups excluding tert-OH is 1. The monoisotopic (exact) mass is 598 g/mol. The molecule has 0 aromatic heterocycles. The van der Waals surface area contributed by atoms with Crippen molar-refractivity contribution in [3.63, 3.8) is 0 Å². The lowest BCUT2D eigenvalue weighted by Gasteiger charge is -2.26. The third-order valence-electron chi connectivity index (χ3n) is 8.44. The number of phenols is 1. The number of phenolic OH excluding ortho intramolecular Hbond substituents is 1. The number of aliphatic hydroxyl groups is 1. The van der Waals surface area contributed by atoms with Gasteiger partial charge in [-0.05, 0) is 91.0 Å². The molecule has 1 amide bonds. The van der Waals surface area contributed by atoms with E-state index in [0.29, 0.717) is 31.5 Å². The highest BCUT2D eigenvalue weighted by molar-refractivity contribution is 5.98. The van der Waals surface area contributed by atoms with E-state index in [1.54, 1.807) is 12.1 Å². The molecule has 2 N–H and O–H groups in total. The minimum atomic E-state index is -0.463. The summed E-state index contributed by atoms with van der Waals surface area (Å²) in [6.07, 6.45) is 1.21. The summed E-state index contributed by atoms with van der Waals surface area (Å²) in [5.74, 6) is 1.24. The van der Waals surface area contributed by atoms with Crippen LogP contribution in [0.25, 0.3) is 11.1 Å². The Hall–Kier alpha value is -3.65. The van der Waals surface area contributed by atoms with Crippen molar-refractivity contribution in [2.24, 2.45) is 11.8 Å². The molecule has 2 atom stereocenters. The Labute approximate surface area is 261 Å². The van der Waals surface area contributed by atoms with Crippen LogP contribution in [0.3, 0.4) is 0 Å². The summed E-state index contributed by atoms with van der Waals surface area (Å²) in [5.41, 5.74) is 6.14. The highest BCUT2D eigenvalue weighted by Crippen LogP contribution is 2.36. The minimum absolute atomic E-state index is 0.124. The van der Waals surface area contributed by atoms with E-state index in [-0.39, 0.29) is 18.4 Å². The molecule has 7 heteroatoms. The maximum absolute atomic E-state index is 12.5. The normalized spacial score (nSPS) is 19.1. The van der Waals surface area contributed by atoms with Gasteiger partial charge in [0.1, 0.15) is 11.4 Å². The van der Waals surface area contributed by atoms with E-state index in [4.69, 9.17) is 9.47 Å². The predicted molar refractivity (Wildman–Crippen MR) is 174 cm³/mol. The van der Waals surface area contributed by atoms with E-state index in [9.17, 15) is 15.0 Å². The number of likely N-dealkylation sites (tertiary alicyclic amines) is 2. The van der Waals surface area contributed by atoms with Crippen LogP contribution in [0.2, 0.25) is 0 Å². The highest BCUT2D eigenvalue weighted by Gasteiger charge is 2.42. The topological polar surface area (TPSA) is 82.5 Å². The number of fused-ring (bicyclic) bond motifs is 1. The molecule has 0 aliphatic carbocycles. The lowest BCUT2D eigenvalue weighted by atomic mass is 9.87. The Bertz CT molecular complexity index is 1380. The highest BCUT2D eigenvalue weighted by atomic mass is 16.6. The van der Waals surface area contributed by atoms with Crippen LogP contribution in [0.1, 0.15) is 55.9 Å². The molecule has 1 unspecified atom stereocenters. The molecule has 0 radical (unpaired) electrons. The van der Waals surface area contributed by atoms with Crippen LogP contribution >= 0.6 is 0 Å². The van der Waals surface area contributed by atoms with Gasteiger partial charge >= 0.3 is 6.09 Å². The number of allylic oxidation sites excluding steroid dienone is 1. The zero-order chi connectivity index (χ0) is 31.1. The number of benzene rings is 3. The fourth-order valence-corrected chi connectivity index (χ4v) is 6.35. The van der Waals surface area contributed by atoms with E-state index < -0.39 is 5.60 Å². The van der Waals surface area contributed by atoms with Crippen molar-refractivity contribution in [2.45, 2.75) is 45.8 Å². The van der Waals surface area contributed by atoms with E-state index in [1.165, 1.54) is 5.57 Å². The third-order valence-corrected chi connectivity index (χ3v) is 8.44. The molecule has 2 aliphatic rings. The quantitative estimate of drug-likeness (QED) is 0.195. The molecule has 2 aliphatic heterocycles. The Balaban J connectivity index is 1.18. The lowest BCUT2D eigenvalue weighted by Crippen LogP contribution is -2.38. The number of ether oxygens (including phenoxy) is 2. The second-order valence-electron chi connectivity index (χ2n) is 13.0. The van der Waals surface area contributed by atoms with E-state index in [0.717, 1.165) is 67.0 Å². The molecule has 7 nitrogen and oxygen atoms in total. The summed E-state index contributed by atoms with van der Waals surface area (Å²) in [7, 11) is 0. The van der Waals surface area contributed by atoms with E-state index in [1.807, 2.05) is 56.0 Å². The summed E-state index contributed by atoms with van der Waals surface area (Å²) in [4.78, 5) is 16.8. The first kappa shape index (κ1) is 31.8. The number of carbonyl (C=O) groups excluding carboxylic acids is 1. The van der Waals surface area contributed by atoms with E-state index in [2.05, 4.69) is 41.3 Å². The Morgan fingerprint density at radius 3 is 2.05 bits per heavy atom. The summed E-state index contributed by atoms with van der Waals surface area (Å²) in [6.45, 7) is 11.5.